The number of rotatable bonds is 5. The first-order chi connectivity index (χ1) is 14.5. The second kappa shape index (κ2) is 8.39. The highest BCUT2D eigenvalue weighted by molar-refractivity contribution is 7.07. The van der Waals surface area contributed by atoms with Gasteiger partial charge in [-0.1, -0.05) is 60.7 Å². The SMILES string of the molecule is C=C(C)CN=c1scc(-c2cccc3ccccc23)n1N=Cc1cccc(O)c1O. The van der Waals surface area contributed by atoms with Crippen molar-refractivity contribution in [3.05, 3.63) is 88.6 Å². The van der Waals surface area contributed by atoms with E-state index in [4.69, 9.17) is 0 Å². The zero-order valence-electron chi connectivity index (χ0n) is 16.5. The number of nitrogens with zero attached hydrogens (tertiary/aromatic N) is 3. The van der Waals surface area contributed by atoms with Crippen LogP contribution in [-0.2, 0) is 0 Å². The number of thiazole rings is 1. The van der Waals surface area contributed by atoms with Crippen LogP contribution in [-0.4, -0.2) is 27.6 Å². The Morgan fingerprint density at radius 2 is 1.83 bits per heavy atom. The molecule has 0 aliphatic heterocycles. The van der Waals surface area contributed by atoms with Crippen molar-refractivity contribution in [2.75, 3.05) is 6.54 Å². The third-order valence-corrected chi connectivity index (χ3v) is 5.45. The highest BCUT2D eigenvalue weighted by Gasteiger charge is 2.11. The van der Waals surface area contributed by atoms with Crippen molar-refractivity contribution in [2.45, 2.75) is 6.92 Å². The molecular formula is C24H21N3O2S. The molecule has 0 spiro atoms. The highest BCUT2D eigenvalue weighted by atomic mass is 32.1. The van der Waals surface area contributed by atoms with E-state index < -0.39 is 0 Å². The zero-order chi connectivity index (χ0) is 21.1. The Hall–Kier alpha value is -3.64. The summed E-state index contributed by atoms with van der Waals surface area (Å²) in [5.41, 5.74) is 3.31. The quantitative estimate of drug-likeness (QED) is 0.269. The molecule has 0 bridgehead atoms. The summed E-state index contributed by atoms with van der Waals surface area (Å²) in [6.07, 6.45) is 1.52. The molecule has 0 fully saturated rings. The maximum Gasteiger partial charge on any atom is 0.206 e. The average molecular weight is 416 g/mol. The fraction of sp³-hybridized carbons (Fsp3) is 0.0833. The Kier molecular flexibility index (Phi) is 5.50. The van der Waals surface area contributed by atoms with Gasteiger partial charge in [0.15, 0.2) is 11.5 Å². The molecule has 0 amide bonds. The maximum atomic E-state index is 10.1. The molecule has 1 aromatic heterocycles. The first-order valence-electron chi connectivity index (χ1n) is 9.43. The van der Waals surface area contributed by atoms with Crippen LogP contribution in [0.1, 0.15) is 12.5 Å². The summed E-state index contributed by atoms with van der Waals surface area (Å²) in [4.78, 5) is 5.36. The van der Waals surface area contributed by atoms with Crippen LogP contribution >= 0.6 is 11.3 Å². The van der Waals surface area contributed by atoms with Gasteiger partial charge in [0, 0.05) is 16.5 Å². The number of hydrogen-bond acceptors (Lipinski definition) is 5. The lowest BCUT2D eigenvalue weighted by Crippen LogP contribution is -2.13. The van der Waals surface area contributed by atoms with Crippen LogP contribution in [0.15, 0.2) is 88.3 Å². The lowest BCUT2D eigenvalue weighted by Gasteiger charge is -2.08. The van der Waals surface area contributed by atoms with Gasteiger partial charge in [-0.25, -0.2) is 4.68 Å². The van der Waals surface area contributed by atoms with Crippen LogP contribution < -0.4 is 4.80 Å². The second-order valence-electron chi connectivity index (χ2n) is 6.97. The molecule has 4 aromatic rings. The molecule has 150 valence electrons. The predicted molar refractivity (Wildman–Crippen MR) is 123 cm³/mol. The van der Waals surface area contributed by atoms with E-state index in [1.807, 2.05) is 30.5 Å². The van der Waals surface area contributed by atoms with E-state index in [1.54, 1.807) is 16.8 Å². The van der Waals surface area contributed by atoms with Crippen molar-refractivity contribution in [3.8, 4) is 22.8 Å². The van der Waals surface area contributed by atoms with Crippen molar-refractivity contribution >= 4 is 28.3 Å². The van der Waals surface area contributed by atoms with Gasteiger partial charge in [0.1, 0.15) is 0 Å². The third kappa shape index (κ3) is 3.90. The highest BCUT2D eigenvalue weighted by Crippen LogP contribution is 2.30. The molecule has 30 heavy (non-hydrogen) atoms. The topological polar surface area (TPSA) is 70.1 Å². The third-order valence-electron chi connectivity index (χ3n) is 4.59. The first kappa shape index (κ1) is 19.7. The van der Waals surface area contributed by atoms with E-state index in [2.05, 4.69) is 40.9 Å². The van der Waals surface area contributed by atoms with Crippen LogP contribution in [0.5, 0.6) is 11.5 Å². The summed E-state index contributed by atoms with van der Waals surface area (Å²) in [5.74, 6) is -0.389. The molecule has 3 aromatic carbocycles. The molecule has 0 aliphatic rings. The maximum absolute atomic E-state index is 10.1. The molecule has 0 saturated carbocycles. The minimum Gasteiger partial charge on any atom is -0.504 e. The molecule has 0 saturated heterocycles. The summed E-state index contributed by atoms with van der Waals surface area (Å²) in [6.45, 7) is 6.36. The van der Waals surface area contributed by atoms with Gasteiger partial charge >= 0.3 is 0 Å². The van der Waals surface area contributed by atoms with Crippen molar-refractivity contribution in [3.63, 3.8) is 0 Å². The summed E-state index contributed by atoms with van der Waals surface area (Å²) in [6, 6.07) is 19.1. The van der Waals surface area contributed by atoms with E-state index in [1.165, 1.54) is 23.6 Å². The predicted octanol–water partition coefficient (Wildman–Crippen LogP) is 5.14. The molecule has 5 nitrogen and oxygen atoms in total. The number of phenolic OH excluding ortho intramolecular Hbond substituents is 2. The minimum atomic E-state index is -0.204. The van der Waals surface area contributed by atoms with E-state index in [-0.39, 0.29) is 11.5 Å². The second-order valence-corrected chi connectivity index (χ2v) is 7.81. The average Bonchev–Trinajstić information content (AvgIpc) is 3.15. The fourth-order valence-electron chi connectivity index (χ4n) is 3.13. The number of phenols is 2. The van der Waals surface area contributed by atoms with Crippen LogP contribution in [0.3, 0.4) is 0 Å². The molecule has 0 atom stereocenters. The van der Waals surface area contributed by atoms with Gasteiger partial charge in [-0.05, 0) is 29.8 Å². The summed E-state index contributed by atoms with van der Waals surface area (Å²) in [7, 11) is 0. The van der Waals surface area contributed by atoms with Crippen LogP contribution in [0.2, 0.25) is 0 Å². The largest absolute Gasteiger partial charge is 0.504 e. The van der Waals surface area contributed by atoms with Crippen molar-refractivity contribution in [2.24, 2.45) is 10.1 Å². The van der Waals surface area contributed by atoms with Gasteiger partial charge in [0.2, 0.25) is 4.80 Å². The van der Waals surface area contributed by atoms with Gasteiger partial charge in [-0.2, -0.15) is 5.10 Å². The number of aromatic hydroxyl groups is 2. The van der Waals surface area contributed by atoms with E-state index >= 15 is 0 Å². The summed E-state index contributed by atoms with van der Waals surface area (Å²) in [5, 5.41) is 28.8. The Morgan fingerprint density at radius 3 is 2.67 bits per heavy atom. The zero-order valence-corrected chi connectivity index (χ0v) is 17.3. The minimum absolute atomic E-state index is 0.185. The number of fused-ring (bicyclic) bond motifs is 1. The Balaban J connectivity index is 1.90. The van der Waals surface area contributed by atoms with Gasteiger partial charge in [-0.15, -0.1) is 11.3 Å². The number of benzene rings is 3. The molecule has 4 rings (SSSR count). The number of aromatic nitrogens is 1. The van der Waals surface area contributed by atoms with Crippen LogP contribution in [0.25, 0.3) is 22.0 Å². The molecule has 6 heteroatoms. The van der Waals surface area contributed by atoms with Crippen molar-refractivity contribution in [1.82, 2.24) is 4.68 Å². The molecular weight excluding hydrogens is 394 g/mol. The molecule has 0 aliphatic carbocycles. The van der Waals surface area contributed by atoms with E-state index in [0.717, 1.165) is 32.4 Å². The normalized spacial score (nSPS) is 12.1. The first-order valence-corrected chi connectivity index (χ1v) is 10.3. The lowest BCUT2D eigenvalue weighted by molar-refractivity contribution is 0.403. The fourth-order valence-corrected chi connectivity index (χ4v) is 3.96. The monoisotopic (exact) mass is 415 g/mol. The van der Waals surface area contributed by atoms with E-state index in [0.29, 0.717) is 12.1 Å². The molecule has 0 radical (unpaired) electrons. The molecule has 2 N–H and O–H groups in total. The smallest absolute Gasteiger partial charge is 0.206 e. The lowest BCUT2D eigenvalue weighted by atomic mass is 10.0. The Morgan fingerprint density at radius 1 is 1.07 bits per heavy atom. The van der Waals surface area contributed by atoms with Crippen molar-refractivity contribution in [1.29, 1.82) is 0 Å². The van der Waals surface area contributed by atoms with Gasteiger partial charge in [0.05, 0.1) is 18.5 Å². The van der Waals surface area contributed by atoms with Gasteiger partial charge < -0.3 is 10.2 Å². The van der Waals surface area contributed by atoms with Crippen LogP contribution in [0, 0.1) is 0 Å². The van der Waals surface area contributed by atoms with Crippen molar-refractivity contribution < 1.29 is 10.2 Å². The Bertz CT molecular complexity index is 1330. The molecule has 1 heterocycles. The summed E-state index contributed by atoms with van der Waals surface area (Å²) >= 11 is 1.49. The Labute approximate surface area is 178 Å². The number of hydrogen-bond donors (Lipinski definition) is 2. The van der Waals surface area contributed by atoms with Gasteiger partial charge in [0.25, 0.3) is 0 Å². The molecule has 0 unspecified atom stereocenters. The van der Waals surface area contributed by atoms with E-state index in [9.17, 15) is 10.2 Å². The summed E-state index contributed by atoms with van der Waals surface area (Å²) < 4.78 is 1.76. The van der Waals surface area contributed by atoms with Gasteiger partial charge in [-0.3, -0.25) is 4.99 Å². The standard InChI is InChI=1S/C24H21N3O2S/c1-16(2)13-25-24-27(26-14-18-9-6-12-22(28)23(18)29)21(15-30-24)20-11-5-8-17-7-3-4-10-19(17)20/h3-12,14-15,28-29H,1,13H2,2H3. The van der Waals surface area contributed by atoms with Crippen LogP contribution in [0.4, 0.5) is 0 Å². The number of para-hydroxylation sites is 1.